The van der Waals surface area contributed by atoms with Crippen LogP contribution in [0.15, 0.2) is 36.4 Å². The van der Waals surface area contributed by atoms with Crippen LogP contribution in [0.2, 0.25) is 0 Å². The maximum atomic E-state index is 12.5. The SMILES string of the molecule is CCN1CCN(c2ccc(NC(=O)CCN3C(=O)[C@H]4CC=CC[C@@H]4C3=O)cc2)CC1. The number of piperazine rings is 1. The maximum absolute atomic E-state index is 12.5. The van der Waals surface area contributed by atoms with Crippen LogP contribution in [0.3, 0.4) is 0 Å². The lowest BCUT2D eigenvalue weighted by atomic mass is 9.85. The van der Waals surface area contributed by atoms with Gasteiger partial charge in [-0.05, 0) is 43.7 Å². The number of amides is 3. The van der Waals surface area contributed by atoms with Crippen molar-refractivity contribution in [3.63, 3.8) is 0 Å². The first kappa shape index (κ1) is 20.6. The molecule has 1 aromatic rings. The van der Waals surface area contributed by atoms with Crippen LogP contribution < -0.4 is 10.2 Å². The molecule has 7 nitrogen and oxygen atoms in total. The van der Waals surface area contributed by atoms with Gasteiger partial charge < -0.3 is 15.1 Å². The first-order chi connectivity index (χ1) is 14.6. The van der Waals surface area contributed by atoms with E-state index in [4.69, 9.17) is 0 Å². The van der Waals surface area contributed by atoms with Crippen molar-refractivity contribution in [2.75, 3.05) is 49.5 Å². The standard InChI is InChI=1S/C23H30N4O3/c1-2-25-13-15-26(16-14-25)18-9-7-17(8-10-18)24-21(28)11-12-27-22(29)19-5-3-4-6-20(19)23(27)30/h3-4,7-10,19-20H,2,5-6,11-16H2,1H3,(H,24,28)/t19-,20-/m0/s1. The minimum Gasteiger partial charge on any atom is -0.369 e. The number of rotatable bonds is 6. The van der Waals surface area contributed by atoms with Crippen molar-refractivity contribution in [3.05, 3.63) is 36.4 Å². The molecule has 1 N–H and O–H groups in total. The molecule has 2 atom stereocenters. The zero-order chi connectivity index (χ0) is 21.1. The molecular formula is C23H30N4O3. The Labute approximate surface area is 177 Å². The second-order valence-electron chi connectivity index (χ2n) is 8.25. The number of nitrogens with zero attached hydrogens (tertiary/aromatic N) is 3. The van der Waals surface area contributed by atoms with E-state index in [1.165, 1.54) is 4.90 Å². The van der Waals surface area contributed by atoms with Gasteiger partial charge in [-0.3, -0.25) is 19.3 Å². The van der Waals surface area contributed by atoms with E-state index in [1.807, 2.05) is 36.4 Å². The molecule has 4 rings (SSSR count). The molecule has 1 aromatic carbocycles. The fraction of sp³-hybridized carbons (Fsp3) is 0.522. The van der Waals surface area contributed by atoms with Crippen LogP contribution in [0.5, 0.6) is 0 Å². The summed E-state index contributed by atoms with van der Waals surface area (Å²) in [6.07, 6.45) is 5.30. The Bertz CT molecular complexity index is 801. The predicted molar refractivity (Wildman–Crippen MR) is 116 cm³/mol. The summed E-state index contributed by atoms with van der Waals surface area (Å²) in [5, 5.41) is 2.88. The van der Waals surface area contributed by atoms with Gasteiger partial charge in [-0.1, -0.05) is 19.1 Å². The van der Waals surface area contributed by atoms with Crippen molar-refractivity contribution in [2.45, 2.75) is 26.2 Å². The highest BCUT2D eigenvalue weighted by atomic mass is 16.2. The second-order valence-corrected chi connectivity index (χ2v) is 8.25. The minimum atomic E-state index is -0.239. The smallest absolute Gasteiger partial charge is 0.233 e. The number of anilines is 2. The monoisotopic (exact) mass is 410 g/mol. The van der Waals surface area contributed by atoms with Gasteiger partial charge in [0.15, 0.2) is 0 Å². The lowest BCUT2D eigenvalue weighted by Crippen LogP contribution is -2.46. The van der Waals surface area contributed by atoms with Crippen LogP contribution >= 0.6 is 0 Å². The van der Waals surface area contributed by atoms with Gasteiger partial charge in [-0.15, -0.1) is 0 Å². The number of carbonyl (C=O) groups excluding carboxylic acids is 3. The molecule has 1 aliphatic carbocycles. The third-order valence-corrected chi connectivity index (χ3v) is 6.50. The summed E-state index contributed by atoms with van der Waals surface area (Å²) in [5.41, 5.74) is 1.89. The number of nitrogens with one attached hydrogen (secondary N) is 1. The normalized spacial score (nSPS) is 24.3. The number of likely N-dealkylation sites (tertiary alicyclic amines) is 1. The number of benzene rings is 1. The Hall–Kier alpha value is -2.67. The van der Waals surface area contributed by atoms with E-state index >= 15 is 0 Å². The highest BCUT2D eigenvalue weighted by Crippen LogP contribution is 2.35. The summed E-state index contributed by atoms with van der Waals surface area (Å²) >= 11 is 0. The van der Waals surface area contributed by atoms with Gasteiger partial charge in [0.25, 0.3) is 0 Å². The Kier molecular flexibility index (Phi) is 6.18. The molecule has 0 bridgehead atoms. The molecule has 2 saturated heterocycles. The summed E-state index contributed by atoms with van der Waals surface area (Å²) in [6.45, 7) is 7.58. The molecular weight excluding hydrogens is 380 g/mol. The summed E-state index contributed by atoms with van der Waals surface area (Å²) in [5.74, 6) is -0.924. The topological polar surface area (TPSA) is 73.0 Å². The zero-order valence-corrected chi connectivity index (χ0v) is 17.5. The average molecular weight is 411 g/mol. The molecule has 0 radical (unpaired) electrons. The lowest BCUT2D eigenvalue weighted by molar-refractivity contribution is -0.140. The van der Waals surface area contributed by atoms with Gasteiger partial charge in [0.2, 0.25) is 17.7 Å². The number of carbonyl (C=O) groups is 3. The molecule has 2 fully saturated rings. The van der Waals surface area contributed by atoms with Crippen molar-refractivity contribution in [1.82, 2.24) is 9.80 Å². The fourth-order valence-corrected chi connectivity index (χ4v) is 4.60. The number of allylic oxidation sites excluding steroid dienone is 2. The fourth-order valence-electron chi connectivity index (χ4n) is 4.60. The Morgan fingerprint density at radius 1 is 0.967 bits per heavy atom. The van der Waals surface area contributed by atoms with Gasteiger partial charge in [0.1, 0.15) is 0 Å². The van der Waals surface area contributed by atoms with E-state index in [1.54, 1.807) is 0 Å². The second kappa shape index (κ2) is 9.00. The van der Waals surface area contributed by atoms with Crippen LogP contribution in [-0.2, 0) is 14.4 Å². The van der Waals surface area contributed by atoms with Crippen molar-refractivity contribution >= 4 is 29.1 Å². The number of hydrogen-bond donors (Lipinski definition) is 1. The number of likely N-dealkylation sites (N-methyl/N-ethyl adjacent to an activating group) is 1. The van der Waals surface area contributed by atoms with Crippen molar-refractivity contribution < 1.29 is 14.4 Å². The number of fused-ring (bicyclic) bond motifs is 1. The number of hydrogen-bond acceptors (Lipinski definition) is 5. The molecule has 160 valence electrons. The highest BCUT2D eigenvalue weighted by molar-refractivity contribution is 6.05. The molecule has 0 aromatic heterocycles. The van der Waals surface area contributed by atoms with E-state index in [0.29, 0.717) is 12.8 Å². The van der Waals surface area contributed by atoms with Gasteiger partial charge in [-0.2, -0.15) is 0 Å². The zero-order valence-electron chi connectivity index (χ0n) is 17.5. The van der Waals surface area contributed by atoms with Gasteiger partial charge in [0, 0.05) is 50.5 Å². The van der Waals surface area contributed by atoms with Crippen LogP contribution in [0, 0.1) is 11.8 Å². The van der Waals surface area contributed by atoms with E-state index in [2.05, 4.69) is 22.0 Å². The van der Waals surface area contributed by atoms with Crippen LogP contribution in [0.1, 0.15) is 26.2 Å². The molecule has 0 saturated carbocycles. The Balaban J connectivity index is 1.26. The molecule has 30 heavy (non-hydrogen) atoms. The first-order valence-electron chi connectivity index (χ1n) is 10.9. The average Bonchev–Trinajstić information content (AvgIpc) is 3.03. The summed E-state index contributed by atoms with van der Waals surface area (Å²) in [4.78, 5) is 43.4. The van der Waals surface area contributed by atoms with Crippen molar-refractivity contribution in [2.24, 2.45) is 11.8 Å². The van der Waals surface area contributed by atoms with E-state index in [0.717, 1.165) is 44.1 Å². The molecule has 3 amide bonds. The van der Waals surface area contributed by atoms with E-state index in [9.17, 15) is 14.4 Å². The van der Waals surface area contributed by atoms with Crippen LogP contribution in [0.4, 0.5) is 11.4 Å². The molecule has 0 spiro atoms. The molecule has 2 aliphatic heterocycles. The molecule has 0 unspecified atom stereocenters. The summed E-state index contributed by atoms with van der Waals surface area (Å²) < 4.78 is 0. The summed E-state index contributed by atoms with van der Waals surface area (Å²) in [7, 11) is 0. The number of imide groups is 1. The molecule has 3 aliphatic rings. The van der Waals surface area contributed by atoms with Crippen molar-refractivity contribution in [1.29, 1.82) is 0 Å². The Morgan fingerprint density at radius 2 is 1.57 bits per heavy atom. The first-order valence-corrected chi connectivity index (χ1v) is 10.9. The van der Waals surface area contributed by atoms with Gasteiger partial charge >= 0.3 is 0 Å². The van der Waals surface area contributed by atoms with Gasteiger partial charge in [-0.25, -0.2) is 0 Å². The third kappa shape index (κ3) is 4.26. The van der Waals surface area contributed by atoms with Crippen LogP contribution in [-0.4, -0.2) is 66.8 Å². The van der Waals surface area contributed by atoms with E-state index in [-0.39, 0.29) is 42.5 Å². The van der Waals surface area contributed by atoms with E-state index < -0.39 is 0 Å². The lowest BCUT2D eigenvalue weighted by Gasteiger charge is -2.35. The Morgan fingerprint density at radius 3 is 2.13 bits per heavy atom. The quantitative estimate of drug-likeness (QED) is 0.574. The third-order valence-electron chi connectivity index (χ3n) is 6.50. The molecule has 7 heteroatoms. The largest absolute Gasteiger partial charge is 0.369 e. The van der Waals surface area contributed by atoms with Gasteiger partial charge in [0.05, 0.1) is 11.8 Å². The van der Waals surface area contributed by atoms with Crippen LogP contribution in [0.25, 0.3) is 0 Å². The minimum absolute atomic E-state index is 0.116. The van der Waals surface area contributed by atoms with Crippen molar-refractivity contribution in [3.8, 4) is 0 Å². The summed E-state index contributed by atoms with van der Waals surface area (Å²) in [6, 6.07) is 7.88. The predicted octanol–water partition coefficient (Wildman–Crippen LogP) is 2.11. The highest BCUT2D eigenvalue weighted by Gasteiger charge is 2.46. The maximum Gasteiger partial charge on any atom is 0.233 e. The molecule has 2 heterocycles.